The summed E-state index contributed by atoms with van der Waals surface area (Å²) in [5.41, 5.74) is 2.74. The number of aryl methyl sites for hydroxylation is 1. The van der Waals surface area contributed by atoms with E-state index >= 15 is 0 Å². The Hall–Kier alpha value is -0.860. The largest absolute Gasteiger partial charge is 0.492 e. The Morgan fingerprint density at radius 3 is 2.62 bits per heavy atom. The van der Waals surface area contributed by atoms with Gasteiger partial charge < -0.3 is 4.74 Å². The molecule has 0 atom stereocenters. The summed E-state index contributed by atoms with van der Waals surface area (Å²) in [6.07, 6.45) is 0.682. The van der Waals surface area contributed by atoms with Crippen LogP contribution in [0.4, 0.5) is 0 Å². The minimum atomic E-state index is -3.91. The third kappa shape index (κ3) is 3.87. The Balaban J connectivity index is 2.12. The molecule has 9 heteroatoms. The van der Waals surface area contributed by atoms with Crippen molar-refractivity contribution in [2.45, 2.75) is 18.2 Å². The number of benzene rings is 1. The molecule has 2 aromatic rings. The summed E-state index contributed by atoms with van der Waals surface area (Å²) in [7, 11) is -3.91. The molecule has 0 aliphatic carbocycles. The minimum absolute atomic E-state index is 0.0317. The zero-order valence-electron chi connectivity index (χ0n) is 11.0. The minimum Gasteiger partial charge on any atom is -0.492 e. The molecule has 114 valence electrons. The van der Waals surface area contributed by atoms with Crippen LogP contribution < -0.4 is 9.88 Å². The number of primary sulfonamides is 1. The second-order valence-electron chi connectivity index (χ2n) is 4.19. The number of sulfonamides is 1. The van der Waals surface area contributed by atoms with E-state index in [1.54, 1.807) is 16.8 Å². The average Bonchev–Trinajstić information content (AvgIpc) is 2.79. The summed E-state index contributed by atoms with van der Waals surface area (Å²) >= 11 is 13.5. The number of hydrogen-bond acceptors (Lipinski definition) is 5. The van der Waals surface area contributed by atoms with E-state index in [1.165, 1.54) is 12.1 Å². The molecular formula is C12H12Cl2N2O3S2. The molecule has 0 amide bonds. The van der Waals surface area contributed by atoms with Crippen molar-refractivity contribution in [1.29, 1.82) is 0 Å². The standard InChI is InChI=1S/C12H12Cl2N2O3S2/c1-7-9(20-6-16-7)4-5-19-8-2-3-10(21(15,17)18)12(14)11(8)13/h2-3,6H,4-5H2,1H3,(H2,15,17,18). The van der Waals surface area contributed by atoms with Gasteiger partial charge in [-0.2, -0.15) is 0 Å². The SMILES string of the molecule is Cc1ncsc1CCOc1ccc(S(N)(=O)=O)c(Cl)c1Cl. The normalized spacial score (nSPS) is 11.6. The van der Waals surface area contributed by atoms with Gasteiger partial charge in [-0.3, -0.25) is 0 Å². The second-order valence-corrected chi connectivity index (χ2v) is 7.42. The van der Waals surface area contributed by atoms with Crippen LogP contribution in [0.1, 0.15) is 10.6 Å². The molecule has 0 aliphatic heterocycles. The summed E-state index contributed by atoms with van der Waals surface area (Å²) in [5, 5.41) is 4.94. The monoisotopic (exact) mass is 366 g/mol. The van der Waals surface area contributed by atoms with Crippen molar-refractivity contribution < 1.29 is 13.2 Å². The van der Waals surface area contributed by atoms with Crippen molar-refractivity contribution in [3.8, 4) is 5.75 Å². The van der Waals surface area contributed by atoms with E-state index in [2.05, 4.69) is 4.98 Å². The van der Waals surface area contributed by atoms with Gasteiger partial charge in [-0.15, -0.1) is 11.3 Å². The van der Waals surface area contributed by atoms with Gasteiger partial charge in [0.1, 0.15) is 15.7 Å². The number of nitrogens with zero attached hydrogens (tertiary/aromatic N) is 1. The van der Waals surface area contributed by atoms with Gasteiger partial charge in [-0.1, -0.05) is 23.2 Å². The van der Waals surface area contributed by atoms with Gasteiger partial charge in [-0.25, -0.2) is 18.5 Å². The van der Waals surface area contributed by atoms with Crippen molar-refractivity contribution in [1.82, 2.24) is 4.98 Å². The van der Waals surface area contributed by atoms with Crippen LogP contribution in [0.2, 0.25) is 10.0 Å². The summed E-state index contributed by atoms with van der Waals surface area (Å²) in [4.78, 5) is 5.05. The van der Waals surface area contributed by atoms with Crippen LogP contribution >= 0.6 is 34.5 Å². The molecule has 5 nitrogen and oxygen atoms in total. The molecule has 0 saturated carbocycles. The summed E-state index contributed by atoms with van der Waals surface area (Å²) in [6, 6.07) is 2.71. The lowest BCUT2D eigenvalue weighted by atomic mass is 10.3. The van der Waals surface area contributed by atoms with Crippen LogP contribution in [0.15, 0.2) is 22.5 Å². The Labute approximate surface area is 136 Å². The van der Waals surface area contributed by atoms with E-state index in [9.17, 15) is 8.42 Å². The molecule has 2 rings (SSSR count). The number of aromatic nitrogens is 1. The smallest absolute Gasteiger partial charge is 0.239 e. The van der Waals surface area contributed by atoms with E-state index in [0.717, 1.165) is 10.6 Å². The van der Waals surface area contributed by atoms with Crippen LogP contribution in [0.25, 0.3) is 0 Å². The highest BCUT2D eigenvalue weighted by atomic mass is 35.5. The van der Waals surface area contributed by atoms with Gasteiger partial charge in [0.2, 0.25) is 10.0 Å². The topological polar surface area (TPSA) is 82.3 Å². The summed E-state index contributed by atoms with van der Waals surface area (Å²) < 4.78 is 28.2. The van der Waals surface area contributed by atoms with Gasteiger partial charge in [0.05, 0.1) is 22.8 Å². The number of nitrogens with two attached hydrogens (primary N) is 1. The molecule has 1 heterocycles. The second kappa shape index (κ2) is 6.50. The van der Waals surface area contributed by atoms with E-state index in [-0.39, 0.29) is 14.9 Å². The first-order valence-electron chi connectivity index (χ1n) is 5.83. The zero-order chi connectivity index (χ0) is 15.6. The number of ether oxygens (including phenoxy) is 1. The number of thiazole rings is 1. The van der Waals surface area contributed by atoms with Crippen LogP contribution in [0.3, 0.4) is 0 Å². The highest BCUT2D eigenvalue weighted by molar-refractivity contribution is 7.89. The molecule has 0 spiro atoms. The summed E-state index contributed by atoms with van der Waals surface area (Å²) in [6.45, 7) is 2.31. The van der Waals surface area contributed by atoms with Crippen LogP contribution in [0, 0.1) is 6.92 Å². The first kappa shape index (κ1) is 16.5. The lowest BCUT2D eigenvalue weighted by Crippen LogP contribution is -2.13. The maximum absolute atomic E-state index is 11.3. The summed E-state index contributed by atoms with van der Waals surface area (Å²) in [5.74, 6) is 0.316. The predicted molar refractivity (Wildman–Crippen MR) is 83.9 cm³/mol. The van der Waals surface area contributed by atoms with Crippen LogP contribution in [-0.4, -0.2) is 20.0 Å². The highest BCUT2D eigenvalue weighted by Gasteiger charge is 2.18. The number of hydrogen-bond donors (Lipinski definition) is 1. The predicted octanol–water partition coefficient (Wildman–Crippen LogP) is 3.03. The Kier molecular flexibility index (Phi) is 5.11. The maximum atomic E-state index is 11.3. The Bertz CT molecular complexity index is 760. The Morgan fingerprint density at radius 1 is 1.33 bits per heavy atom. The third-order valence-electron chi connectivity index (χ3n) is 2.75. The van der Waals surface area contributed by atoms with Gasteiger partial charge in [-0.05, 0) is 19.1 Å². The molecule has 21 heavy (non-hydrogen) atoms. The fourth-order valence-electron chi connectivity index (χ4n) is 1.67. The first-order valence-corrected chi connectivity index (χ1v) is 9.01. The van der Waals surface area contributed by atoms with Gasteiger partial charge in [0.15, 0.2) is 0 Å². The lowest BCUT2D eigenvalue weighted by Gasteiger charge is -2.10. The Morgan fingerprint density at radius 2 is 2.05 bits per heavy atom. The fraction of sp³-hybridized carbons (Fsp3) is 0.250. The molecule has 0 radical (unpaired) electrons. The number of halogens is 2. The van der Waals surface area contributed by atoms with Gasteiger partial charge >= 0.3 is 0 Å². The average molecular weight is 367 g/mol. The van der Waals surface area contributed by atoms with Crippen molar-refractivity contribution in [3.05, 3.63) is 38.3 Å². The zero-order valence-corrected chi connectivity index (χ0v) is 14.1. The van der Waals surface area contributed by atoms with E-state index in [1.807, 2.05) is 6.92 Å². The van der Waals surface area contributed by atoms with E-state index < -0.39 is 10.0 Å². The molecule has 0 saturated heterocycles. The maximum Gasteiger partial charge on any atom is 0.239 e. The van der Waals surface area contributed by atoms with Crippen molar-refractivity contribution in [2.75, 3.05) is 6.61 Å². The molecule has 0 bridgehead atoms. The van der Waals surface area contributed by atoms with Crippen LogP contribution in [-0.2, 0) is 16.4 Å². The highest BCUT2D eigenvalue weighted by Crippen LogP contribution is 2.36. The molecule has 1 aromatic carbocycles. The van der Waals surface area contributed by atoms with Gasteiger partial charge in [0.25, 0.3) is 0 Å². The van der Waals surface area contributed by atoms with E-state index in [0.29, 0.717) is 18.8 Å². The molecule has 1 aromatic heterocycles. The molecular weight excluding hydrogens is 355 g/mol. The molecule has 0 unspecified atom stereocenters. The van der Waals surface area contributed by atoms with Gasteiger partial charge in [0, 0.05) is 11.3 Å². The first-order chi connectivity index (χ1) is 9.80. The third-order valence-corrected chi connectivity index (χ3v) is 5.67. The fourth-order valence-corrected chi connectivity index (χ4v) is 3.79. The quantitative estimate of drug-likeness (QED) is 0.881. The van der Waals surface area contributed by atoms with Crippen molar-refractivity contribution in [3.63, 3.8) is 0 Å². The van der Waals surface area contributed by atoms with Crippen molar-refractivity contribution in [2.24, 2.45) is 5.14 Å². The molecule has 0 fully saturated rings. The van der Waals surface area contributed by atoms with Crippen LogP contribution in [0.5, 0.6) is 5.75 Å². The van der Waals surface area contributed by atoms with Crippen molar-refractivity contribution >= 4 is 44.6 Å². The molecule has 2 N–H and O–H groups in total. The lowest BCUT2D eigenvalue weighted by molar-refractivity contribution is 0.322. The van der Waals surface area contributed by atoms with E-state index in [4.69, 9.17) is 33.1 Å². The number of rotatable bonds is 5. The molecule has 0 aliphatic rings.